The van der Waals surface area contributed by atoms with Crippen molar-refractivity contribution >= 4 is 7.82 Å². The minimum Gasteiger partial charge on any atom is -0.396 e. The van der Waals surface area contributed by atoms with Crippen LogP contribution in [0.1, 0.15) is 27.7 Å². The van der Waals surface area contributed by atoms with Gasteiger partial charge in [-0.1, -0.05) is 13.8 Å². The summed E-state index contributed by atoms with van der Waals surface area (Å²) >= 11 is 0. The lowest BCUT2D eigenvalue weighted by atomic mass is 10.2. The summed E-state index contributed by atoms with van der Waals surface area (Å²) in [5, 5.41) is 0. The molecule has 0 radical (unpaired) electrons. The monoisotopic (exact) mass is 206 g/mol. The Morgan fingerprint density at radius 3 is 2.15 bits per heavy atom. The molecule has 1 aliphatic rings. The molecule has 5 heteroatoms. The first-order valence-electron chi connectivity index (χ1n) is 4.24. The molecular weight excluding hydrogens is 191 g/mol. The summed E-state index contributed by atoms with van der Waals surface area (Å²) in [5.41, 5.74) is 0. The third kappa shape index (κ3) is 2.75. The van der Waals surface area contributed by atoms with E-state index in [1.54, 1.807) is 13.8 Å². The van der Waals surface area contributed by atoms with E-state index >= 15 is 0 Å². The van der Waals surface area contributed by atoms with Gasteiger partial charge < -0.3 is 9.05 Å². The molecule has 0 aromatic rings. The van der Waals surface area contributed by atoms with Gasteiger partial charge in [-0.2, -0.15) is 0 Å². The molecule has 0 unspecified atom stereocenters. The van der Waals surface area contributed by atoms with Gasteiger partial charge in [-0.05, 0) is 19.8 Å². The Morgan fingerprint density at radius 1 is 1.31 bits per heavy atom. The number of allylic oxidation sites excluding steroid dienone is 2. The van der Waals surface area contributed by atoms with Crippen LogP contribution in [0.5, 0.6) is 0 Å². The second-order valence-electron chi connectivity index (χ2n) is 3.43. The SMILES string of the molecule is CC1=C(C)OP(=O)(OCC(C)C)O1. The Morgan fingerprint density at radius 2 is 1.77 bits per heavy atom. The van der Waals surface area contributed by atoms with E-state index in [1.165, 1.54) is 0 Å². The highest BCUT2D eigenvalue weighted by atomic mass is 31.2. The van der Waals surface area contributed by atoms with E-state index in [1.807, 2.05) is 13.8 Å². The van der Waals surface area contributed by atoms with Crippen LogP contribution in [-0.2, 0) is 18.1 Å². The van der Waals surface area contributed by atoms with Crippen LogP contribution in [0, 0.1) is 5.92 Å². The van der Waals surface area contributed by atoms with E-state index in [9.17, 15) is 4.57 Å². The summed E-state index contributed by atoms with van der Waals surface area (Å²) in [7, 11) is -3.31. The van der Waals surface area contributed by atoms with Gasteiger partial charge in [0.2, 0.25) is 0 Å². The zero-order valence-electron chi connectivity index (χ0n) is 8.36. The molecule has 1 aliphatic heterocycles. The molecule has 0 atom stereocenters. The van der Waals surface area contributed by atoms with Gasteiger partial charge in [-0.3, -0.25) is 4.52 Å². The zero-order valence-corrected chi connectivity index (χ0v) is 9.26. The number of rotatable bonds is 3. The number of hydrogen-bond acceptors (Lipinski definition) is 4. The predicted octanol–water partition coefficient (Wildman–Crippen LogP) is 3.07. The molecule has 76 valence electrons. The van der Waals surface area contributed by atoms with E-state index in [0.29, 0.717) is 24.0 Å². The minimum absolute atomic E-state index is 0.305. The van der Waals surface area contributed by atoms with Crippen molar-refractivity contribution in [3.8, 4) is 0 Å². The van der Waals surface area contributed by atoms with Crippen molar-refractivity contribution in [1.82, 2.24) is 0 Å². The van der Waals surface area contributed by atoms with Gasteiger partial charge in [0.05, 0.1) is 6.61 Å². The summed E-state index contributed by atoms with van der Waals surface area (Å²) in [6.07, 6.45) is 0. The van der Waals surface area contributed by atoms with E-state index in [0.717, 1.165) is 0 Å². The Bertz CT molecular complexity index is 251. The van der Waals surface area contributed by atoms with Crippen molar-refractivity contribution in [2.75, 3.05) is 6.61 Å². The molecule has 1 heterocycles. The number of hydrogen-bond donors (Lipinski definition) is 0. The quantitative estimate of drug-likeness (QED) is 0.665. The first-order chi connectivity index (χ1) is 5.93. The standard InChI is InChI=1S/C8H15O4P/c1-6(2)5-10-13(9)11-7(3)8(4)12-13/h6H,5H2,1-4H3. The van der Waals surface area contributed by atoms with Gasteiger partial charge in [0, 0.05) is 0 Å². The molecule has 0 aliphatic carbocycles. The fourth-order valence-corrected chi connectivity index (χ4v) is 2.33. The van der Waals surface area contributed by atoms with Gasteiger partial charge in [0.25, 0.3) is 0 Å². The van der Waals surface area contributed by atoms with Crippen LogP contribution in [0.15, 0.2) is 11.5 Å². The average Bonchev–Trinajstić information content (AvgIpc) is 2.24. The Labute approximate surface area is 78.5 Å². The van der Waals surface area contributed by atoms with Crippen LogP contribution in [0.2, 0.25) is 0 Å². The van der Waals surface area contributed by atoms with Crippen molar-refractivity contribution in [2.45, 2.75) is 27.7 Å². The maximum atomic E-state index is 11.6. The summed E-state index contributed by atoms with van der Waals surface area (Å²) < 4.78 is 26.7. The molecule has 0 saturated heterocycles. The van der Waals surface area contributed by atoms with Crippen molar-refractivity contribution in [3.05, 3.63) is 11.5 Å². The molecule has 0 aromatic heterocycles. The summed E-state index contributed by atoms with van der Waals surface area (Å²) in [4.78, 5) is 0. The van der Waals surface area contributed by atoms with Crippen LogP contribution in [-0.4, -0.2) is 6.61 Å². The molecule has 0 N–H and O–H groups in total. The first-order valence-corrected chi connectivity index (χ1v) is 5.70. The number of phosphoric ester groups is 1. The Balaban J connectivity index is 2.49. The Hall–Kier alpha value is -0.470. The molecule has 13 heavy (non-hydrogen) atoms. The molecule has 0 saturated carbocycles. The highest BCUT2D eigenvalue weighted by molar-refractivity contribution is 7.49. The van der Waals surface area contributed by atoms with Crippen molar-refractivity contribution in [3.63, 3.8) is 0 Å². The van der Waals surface area contributed by atoms with Crippen LogP contribution in [0.4, 0.5) is 0 Å². The van der Waals surface area contributed by atoms with Crippen molar-refractivity contribution in [2.24, 2.45) is 5.92 Å². The molecule has 0 bridgehead atoms. The molecule has 0 spiro atoms. The van der Waals surface area contributed by atoms with Crippen LogP contribution in [0.3, 0.4) is 0 Å². The third-order valence-corrected chi connectivity index (χ3v) is 3.02. The first kappa shape index (κ1) is 10.6. The van der Waals surface area contributed by atoms with Crippen molar-refractivity contribution < 1.29 is 18.1 Å². The number of phosphoric acid groups is 1. The fraction of sp³-hybridized carbons (Fsp3) is 0.750. The summed E-state index contributed by atoms with van der Waals surface area (Å²) in [6.45, 7) is 7.71. The lowest BCUT2D eigenvalue weighted by molar-refractivity contribution is 0.173. The molecule has 1 rings (SSSR count). The van der Waals surface area contributed by atoms with E-state index in [4.69, 9.17) is 13.6 Å². The second kappa shape index (κ2) is 3.72. The molecule has 0 fully saturated rings. The minimum atomic E-state index is -3.31. The molecule has 0 amide bonds. The maximum absolute atomic E-state index is 11.6. The van der Waals surface area contributed by atoms with Gasteiger partial charge in [0.1, 0.15) is 11.5 Å². The van der Waals surface area contributed by atoms with Crippen LogP contribution in [0.25, 0.3) is 0 Å². The summed E-state index contributed by atoms with van der Waals surface area (Å²) in [6, 6.07) is 0. The van der Waals surface area contributed by atoms with E-state index < -0.39 is 7.82 Å². The van der Waals surface area contributed by atoms with E-state index in [-0.39, 0.29) is 0 Å². The summed E-state index contributed by atoms with van der Waals surface area (Å²) in [5.74, 6) is 1.37. The third-order valence-electron chi connectivity index (χ3n) is 1.56. The fourth-order valence-electron chi connectivity index (χ4n) is 0.776. The maximum Gasteiger partial charge on any atom is 0.587 e. The predicted molar refractivity (Wildman–Crippen MR) is 48.9 cm³/mol. The Kier molecular flexibility index (Phi) is 3.04. The van der Waals surface area contributed by atoms with Crippen LogP contribution >= 0.6 is 7.82 Å². The van der Waals surface area contributed by atoms with Crippen molar-refractivity contribution in [1.29, 1.82) is 0 Å². The highest BCUT2D eigenvalue weighted by Crippen LogP contribution is 2.58. The van der Waals surface area contributed by atoms with E-state index in [2.05, 4.69) is 0 Å². The average molecular weight is 206 g/mol. The van der Waals surface area contributed by atoms with Gasteiger partial charge >= 0.3 is 7.82 Å². The topological polar surface area (TPSA) is 44.8 Å². The lowest BCUT2D eigenvalue weighted by Crippen LogP contribution is -2.00. The molecule has 0 aromatic carbocycles. The second-order valence-corrected chi connectivity index (χ2v) is 4.95. The van der Waals surface area contributed by atoms with Gasteiger partial charge in [-0.15, -0.1) is 0 Å². The largest absolute Gasteiger partial charge is 0.587 e. The molecular formula is C8H15O4P. The lowest BCUT2D eigenvalue weighted by Gasteiger charge is -2.12. The molecule has 4 nitrogen and oxygen atoms in total. The van der Waals surface area contributed by atoms with Crippen LogP contribution < -0.4 is 0 Å². The van der Waals surface area contributed by atoms with Gasteiger partial charge in [-0.25, -0.2) is 4.57 Å². The van der Waals surface area contributed by atoms with Gasteiger partial charge in [0.15, 0.2) is 0 Å². The normalized spacial score (nSPS) is 20.4. The highest BCUT2D eigenvalue weighted by Gasteiger charge is 2.37. The zero-order chi connectivity index (χ0) is 10.1. The smallest absolute Gasteiger partial charge is 0.396 e.